The summed E-state index contributed by atoms with van der Waals surface area (Å²) in [6.07, 6.45) is 5.18. The van der Waals surface area contributed by atoms with Crippen molar-refractivity contribution in [2.45, 2.75) is 39.5 Å². The van der Waals surface area contributed by atoms with Crippen LogP contribution >= 0.6 is 0 Å². The Morgan fingerprint density at radius 2 is 1.92 bits per heavy atom. The van der Waals surface area contributed by atoms with E-state index in [1.54, 1.807) is 12.1 Å². The lowest BCUT2D eigenvalue weighted by Gasteiger charge is -2.36. The maximum Gasteiger partial charge on any atom is 0.211 e. The van der Waals surface area contributed by atoms with Crippen LogP contribution in [0.15, 0.2) is 18.2 Å². The maximum atomic E-state index is 14.3. The van der Waals surface area contributed by atoms with Crippen molar-refractivity contribution < 1.29 is 9.18 Å². The summed E-state index contributed by atoms with van der Waals surface area (Å²) in [5.74, 6) is 0.442. The molecule has 1 aromatic carbocycles. The number of piperidine rings is 1. The van der Waals surface area contributed by atoms with Crippen LogP contribution in [-0.4, -0.2) is 44.0 Å². The van der Waals surface area contributed by atoms with Gasteiger partial charge in [-0.1, -0.05) is 13.8 Å². The molecule has 0 spiro atoms. The monoisotopic (exact) mass is 335 g/mol. The lowest BCUT2D eigenvalue weighted by atomic mass is 9.95. The summed E-state index contributed by atoms with van der Waals surface area (Å²) in [7, 11) is 0. The number of carbonyl (C=O) groups is 1. The molecule has 1 N–H and O–H groups in total. The van der Waals surface area contributed by atoms with Crippen molar-refractivity contribution in [1.82, 2.24) is 4.90 Å². The van der Waals surface area contributed by atoms with Crippen LogP contribution in [0.2, 0.25) is 0 Å². The molecular formula is C19H30FN3O. The number of nitrogens with zero attached hydrogens (tertiary/aromatic N) is 2. The number of halogens is 1. The van der Waals surface area contributed by atoms with Crippen molar-refractivity contribution in [2.24, 2.45) is 5.92 Å². The molecule has 134 valence electrons. The van der Waals surface area contributed by atoms with E-state index in [9.17, 15) is 9.18 Å². The molecule has 0 radical (unpaired) electrons. The standard InChI is InChI=1S/C19H30FN3O/c1-3-9-22(10-4-2)14-16-7-11-23(12-8-16)19-6-5-17(21-15-24)13-18(19)20/h5-6,13,15-16H,3-4,7-12,14H2,1-2H3,(H,21,24). The number of hydrogen-bond donors (Lipinski definition) is 1. The van der Waals surface area contributed by atoms with Crippen LogP contribution in [0.3, 0.4) is 0 Å². The predicted molar refractivity (Wildman–Crippen MR) is 98.0 cm³/mol. The van der Waals surface area contributed by atoms with Crippen LogP contribution in [0, 0.1) is 11.7 Å². The summed E-state index contributed by atoms with van der Waals surface area (Å²) in [5.41, 5.74) is 1.14. The Morgan fingerprint density at radius 1 is 1.25 bits per heavy atom. The van der Waals surface area contributed by atoms with Gasteiger partial charge in [-0.25, -0.2) is 4.39 Å². The largest absolute Gasteiger partial charge is 0.369 e. The van der Waals surface area contributed by atoms with Crippen LogP contribution < -0.4 is 10.2 Å². The molecule has 5 heteroatoms. The first kappa shape index (κ1) is 18.7. The molecule has 0 saturated carbocycles. The van der Waals surface area contributed by atoms with Crippen LogP contribution in [0.4, 0.5) is 15.8 Å². The zero-order valence-corrected chi connectivity index (χ0v) is 14.9. The van der Waals surface area contributed by atoms with Crippen molar-refractivity contribution in [3.8, 4) is 0 Å². The first-order valence-electron chi connectivity index (χ1n) is 9.15. The van der Waals surface area contributed by atoms with Crippen molar-refractivity contribution >= 4 is 17.8 Å². The average Bonchev–Trinajstić information content (AvgIpc) is 2.57. The zero-order chi connectivity index (χ0) is 17.4. The first-order chi connectivity index (χ1) is 11.7. The Kier molecular flexibility index (Phi) is 7.50. The molecule has 2 rings (SSSR count). The summed E-state index contributed by atoms with van der Waals surface area (Å²) in [6, 6.07) is 4.91. The number of anilines is 2. The summed E-state index contributed by atoms with van der Waals surface area (Å²) < 4.78 is 14.3. The van der Waals surface area contributed by atoms with E-state index < -0.39 is 0 Å². The van der Waals surface area contributed by atoms with E-state index >= 15 is 0 Å². The minimum atomic E-state index is -0.265. The van der Waals surface area contributed by atoms with E-state index in [1.807, 2.05) is 0 Å². The number of amides is 1. The van der Waals surface area contributed by atoms with Gasteiger partial charge in [0.25, 0.3) is 0 Å². The lowest BCUT2D eigenvalue weighted by Crippen LogP contribution is -2.39. The normalized spacial score (nSPS) is 15.8. The Bertz CT molecular complexity index is 509. The second-order valence-electron chi connectivity index (χ2n) is 6.66. The van der Waals surface area contributed by atoms with E-state index in [1.165, 1.54) is 38.5 Å². The van der Waals surface area contributed by atoms with E-state index in [-0.39, 0.29) is 5.82 Å². The van der Waals surface area contributed by atoms with Gasteiger partial charge in [0.15, 0.2) is 0 Å². The predicted octanol–water partition coefficient (Wildman–Crippen LogP) is 3.73. The van der Waals surface area contributed by atoms with Gasteiger partial charge in [0.05, 0.1) is 5.69 Å². The van der Waals surface area contributed by atoms with E-state index in [2.05, 4.69) is 29.0 Å². The van der Waals surface area contributed by atoms with Crippen molar-refractivity contribution in [1.29, 1.82) is 0 Å². The SMILES string of the molecule is CCCN(CCC)CC1CCN(c2ccc(NC=O)cc2F)CC1. The highest BCUT2D eigenvalue weighted by Gasteiger charge is 2.22. The smallest absolute Gasteiger partial charge is 0.211 e. The van der Waals surface area contributed by atoms with Crippen LogP contribution in [-0.2, 0) is 4.79 Å². The van der Waals surface area contributed by atoms with Crippen molar-refractivity contribution in [3.63, 3.8) is 0 Å². The molecule has 0 atom stereocenters. The second kappa shape index (κ2) is 9.62. The summed E-state index contributed by atoms with van der Waals surface area (Å²) in [6.45, 7) is 9.78. The van der Waals surface area contributed by atoms with Gasteiger partial charge < -0.3 is 15.1 Å². The molecule has 0 bridgehead atoms. The zero-order valence-electron chi connectivity index (χ0n) is 14.9. The molecule has 4 nitrogen and oxygen atoms in total. The number of nitrogens with one attached hydrogen (secondary N) is 1. The highest BCUT2D eigenvalue weighted by atomic mass is 19.1. The average molecular weight is 335 g/mol. The van der Waals surface area contributed by atoms with E-state index in [0.29, 0.717) is 23.7 Å². The minimum absolute atomic E-state index is 0.265. The number of benzene rings is 1. The molecule has 1 amide bonds. The molecule has 0 unspecified atom stereocenters. The Hall–Kier alpha value is -1.62. The third-order valence-electron chi connectivity index (χ3n) is 4.72. The molecule has 0 aliphatic carbocycles. The van der Waals surface area contributed by atoms with Gasteiger partial charge in [0, 0.05) is 25.3 Å². The third kappa shape index (κ3) is 5.20. The van der Waals surface area contributed by atoms with Gasteiger partial charge in [0.2, 0.25) is 6.41 Å². The fourth-order valence-electron chi connectivity index (χ4n) is 3.57. The minimum Gasteiger partial charge on any atom is -0.369 e. The fourth-order valence-corrected chi connectivity index (χ4v) is 3.57. The first-order valence-corrected chi connectivity index (χ1v) is 9.15. The molecule has 1 aliphatic heterocycles. The lowest BCUT2D eigenvalue weighted by molar-refractivity contribution is -0.105. The Morgan fingerprint density at radius 3 is 2.46 bits per heavy atom. The summed E-state index contributed by atoms with van der Waals surface area (Å²) in [5, 5.41) is 2.49. The highest BCUT2D eigenvalue weighted by molar-refractivity contribution is 5.72. The summed E-state index contributed by atoms with van der Waals surface area (Å²) >= 11 is 0. The van der Waals surface area contributed by atoms with E-state index in [0.717, 1.165) is 25.9 Å². The van der Waals surface area contributed by atoms with Gasteiger partial charge in [-0.3, -0.25) is 4.79 Å². The Balaban J connectivity index is 1.89. The Labute approximate surface area is 145 Å². The molecule has 24 heavy (non-hydrogen) atoms. The highest BCUT2D eigenvalue weighted by Crippen LogP contribution is 2.28. The third-order valence-corrected chi connectivity index (χ3v) is 4.72. The molecule has 1 aliphatic rings. The quantitative estimate of drug-likeness (QED) is 0.699. The topological polar surface area (TPSA) is 35.6 Å². The maximum absolute atomic E-state index is 14.3. The van der Waals surface area contributed by atoms with Gasteiger partial charge in [-0.15, -0.1) is 0 Å². The van der Waals surface area contributed by atoms with Crippen LogP contribution in [0.25, 0.3) is 0 Å². The molecule has 1 heterocycles. The van der Waals surface area contributed by atoms with Gasteiger partial charge >= 0.3 is 0 Å². The summed E-state index contributed by atoms with van der Waals surface area (Å²) in [4.78, 5) is 15.1. The van der Waals surface area contributed by atoms with Gasteiger partial charge in [-0.05, 0) is 62.9 Å². The number of carbonyl (C=O) groups excluding carboxylic acids is 1. The van der Waals surface area contributed by atoms with Crippen molar-refractivity contribution in [3.05, 3.63) is 24.0 Å². The van der Waals surface area contributed by atoms with Crippen LogP contribution in [0.1, 0.15) is 39.5 Å². The molecule has 1 aromatic rings. The van der Waals surface area contributed by atoms with Gasteiger partial charge in [-0.2, -0.15) is 0 Å². The fraction of sp³-hybridized carbons (Fsp3) is 0.632. The van der Waals surface area contributed by atoms with E-state index in [4.69, 9.17) is 0 Å². The van der Waals surface area contributed by atoms with Crippen LogP contribution in [0.5, 0.6) is 0 Å². The molecule has 0 aromatic heterocycles. The number of hydrogen-bond acceptors (Lipinski definition) is 3. The molecule has 1 fully saturated rings. The van der Waals surface area contributed by atoms with Gasteiger partial charge in [0.1, 0.15) is 5.82 Å². The number of rotatable bonds is 9. The second-order valence-corrected chi connectivity index (χ2v) is 6.66. The molecular weight excluding hydrogens is 305 g/mol. The van der Waals surface area contributed by atoms with Crippen molar-refractivity contribution in [2.75, 3.05) is 42.9 Å². The molecule has 1 saturated heterocycles.